The number of amides is 1. The Morgan fingerprint density at radius 1 is 1.33 bits per heavy atom. The number of non-ortho nitro benzene ring substituents is 1. The molecule has 0 heterocycles. The fourth-order valence-electron chi connectivity index (χ4n) is 1.81. The zero-order valence-corrected chi connectivity index (χ0v) is 13.2. The number of anilines is 1. The maximum absolute atomic E-state index is 13.0. The summed E-state index contributed by atoms with van der Waals surface area (Å²) in [6.45, 7) is -0.395. The molecule has 2 aromatic rings. The van der Waals surface area contributed by atoms with E-state index < -0.39 is 23.3 Å². The van der Waals surface area contributed by atoms with Crippen LogP contribution in [0.15, 0.2) is 36.4 Å². The minimum Gasteiger partial charge on any atom is -0.495 e. The van der Waals surface area contributed by atoms with E-state index in [1.807, 2.05) is 0 Å². The van der Waals surface area contributed by atoms with Crippen molar-refractivity contribution in [2.24, 2.45) is 0 Å². The average Bonchev–Trinajstić information content (AvgIpc) is 2.55. The van der Waals surface area contributed by atoms with Gasteiger partial charge in [-0.2, -0.15) is 0 Å². The molecule has 1 N–H and O–H groups in total. The second-order valence-electron chi connectivity index (χ2n) is 4.55. The molecule has 24 heavy (non-hydrogen) atoms. The number of halogens is 2. The molecule has 2 rings (SSSR count). The first kappa shape index (κ1) is 17.5. The summed E-state index contributed by atoms with van der Waals surface area (Å²) in [5.41, 5.74) is -0.0604. The highest BCUT2D eigenvalue weighted by atomic mass is 35.5. The summed E-state index contributed by atoms with van der Waals surface area (Å²) in [5.74, 6) is -0.703. The number of hydrogen-bond acceptors (Lipinski definition) is 5. The molecule has 2 aromatic carbocycles. The smallest absolute Gasteiger partial charge is 0.271 e. The first-order chi connectivity index (χ1) is 11.4. The van der Waals surface area contributed by atoms with Gasteiger partial charge in [0.05, 0.1) is 22.7 Å². The normalized spacial score (nSPS) is 10.1. The maximum Gasteiger partial charge on any atom is 0.271 e. The molecule has 0 bridgehead atoms. The molecule has 126 valence electrons. The topological polar surface area (TPSA) is 90.7 Å². The Balaban J connectivity index is 2.04. The lowest BCUT2D eigenvalue weighted by Gasteiger charge is -2.11. The first-order valence-electron chi connectivity index (χ1n) is 6.61. The number of nitro benzene ring substituents is 1. The van der Waals surface area contributed by atoms with Crippen molar-refractivity contribution >= 4 is 28.9 Å². The minimum absolute atomic E-state index is 0.131. The van der Waals surface area contributed by atoms with Crippen LogP contribution in [0.5, 0.6) is 11.5 Å². The summed E-state index contributed by atoms with van der Waals surface area (Å²) in [4.78, 5) is 22.1. The summed E-state index contributed by atoms with van der Waals surface area (Å²) >= 11 is 5.61. The van der Waals surface area contributed by atoms with Gasteiger partial charge in [0, 0.05) is 18.2 Å². The number of nitrogens with zero attached hydrogens (tertiary/aromatic N) is 1. The lowest BCUT2D eigenvalue weighted by molar-refractivity contribution is -0.384. The highest BCUT2D eigenvalue weighted by Gasteiger charge is 2.14. The molecule has 0 aliphatic rings. The van der Waals surface area contributed by atoms with E-state index >= 15 is 0 Å². The van der Waals surface area contributed by atoms with Gasteiger partial charge in [0.15, 0.2) is 6.61 Å². The molecular formula is C15H12ClFN2O5. The van der Waals surface area contributed by atoms with Gasteiger partial charge >= 0.3 is 0 Å². The Bertz CT molecular complexity index is 784. The average molecular weight is 355 g/mol. The largest absolute Gasteiger partial charge is 0.495 e. The van der Waals surface area contributed by atoms with Crippen molar-refractivity contribution in [1.82, 2.24) is 0 Å². The first-order valence-corrected chi connectivity index (χ1v) is 6.98. The lowest BCUT2D eigenvalue weighted by atomic mass is 10.2. The SMILES string of the molecule is COc1ccc([N+](=O)[O-])cc1NC(=O)COc1ccc(F)c(Cl)c1. The van der Waals surface area contributed by atoms with Gasteiger partial charge in [-0.1, -0.05) is 11.6 Å². The molecule has 0 atom stereocenters. The van der Waals surface area contributed by atoms with Crippen molar-refractivity contribution in [2.75, 3.05) is 19.0 Å². The molecule has 1 amide bonds. The Morgan fingerprint density at radius 2 is 2.08 bits per heavy atom. The van der Waals surface area contributed by atoms with Crippen molar-refractivity contribution in [3.63, 3.8) is 0 Å². The van der Waals surface area contributed by atoms with Crippen LogP contribution in [-0.4, -0.2) is 24.5 Å². The van der Waals surface area contributed by atoms with E-state index in [1.54, 1.807) is 0 Å². The minimum atomic E-state index is -0.602. The number of benzene rings is 2. The van der Waals surface area contributed by atoms with Crippen LogP contribution in [0.25, 0.3) is 0 Å². The zero-order chi connectivity index (χ0) is 17.7. The van der Waals surface area contributed by atoms with Gasteiger partial charge in [-0.05, 0) is 18.2 Å². The van der Waals surface area contributed by atoms with Crippen LogP contribution in [-0.2, 0) is 4.79 Å². The van der Waals surface area contributed by atoms with E-state index in [-0.39, 0.29) is 27.9 Å². The molecule has 0 spiro atoms. The highest BCUT2D eigenvalue weighted by molar-refractivity contribution is 6.30. The van der Waals surface area contributed by atoms with Crippen LogP contribution in [0.3, 0.4) is 0 Å². The molecule has 0 saturated carbocycles. The highest BCUT2D eigenvalue weighted by Crippen LogP contribution is 2.29. The molecule has 9 heteroatoms. The van der Waals surface area contributed by atoms with Gasteiger partial charge in [0.1, 0.15) is 17.3 Å². The third-order valence-electron chi connectivity index (χ3n) is 2.93. The predicted molar refractivity (Wildman–Crippen MR) is 85.2 cm³/mol. The molecule has 0 saturated heterocycles. The molecule has 7 nitrogen and oxygen atoms in total. The van der Waals surface area contributed by atoms with E-state index in [4.69, 9.17) is 21.1 Å². The molecular weight excluding hydrogens is 343 g/mol. The third kappa shape index (κ3) is 4.32. The summed E-state index contributed by atoms with van der Waals surface area (Å²) in [5, 5.41) is 13.1. The fraction of sp³-hybridized carbons (Fsp3) is 0.133. The second kappa shape index (κ2) is 7.60. The van der Waals surface area contributed by atoms with Crippen LogP contribution in [0.4, 0.5) is 15.8 Å². The van der Waals surface area contributed by atoms with Crippen LogP contribution in [0.2, 0.25) is 5.02 Å². The quantitative estimate of drug-likeness (QED) is 0.634. The second-order valence-corrected chi connectivity index (χ2v) is 4.96. The van der Waals surface area contributed by atoms with Crippen LogP contribution in [0, 0.1) is 15.9 Å². The van der Waals surface area contributed by atoms with Crippen LogP contribution < -0.4 is 14.8 Å². The Morgan fingerprint density at radius 3 is 2.71 bits per heavy atom. The third-order valence-corrected chi connectivity index (χ3v) is 3.22. The van der Waals surface area contributed by atoms with Gasteiger partial charge in [-0.15, -0.1) is 0 Å². The van der Waals surface area contributed by atoms with E-state index in [2.05, 4.69) is 5.32 Å². The molecule has 0 aliphatic carbocycles. The number of nitrogens with one attached hydrogen (secondary N) is 1. The van der Waals surface area contributed by atoms with Gasteiger partial charge in [-0.3, -0.25) is 14.9 Å². The number of methoxy groups -OCH3 is 1. The summed E-state index contributed by atoms with van der Waals surface area (Å²) < 4.78 is 23.3. The van der Waals surface area contributed by atoms with E-state index in [9.17, 15) is 19.3 Å². The monoisotopic (exact) mass is 354 g/mol. The van der Waals surface area contributed by atoms with Gasteiger partial charge in [0.2, 0.25) is 0 Å². The van der Waals surface area contributed by atoms with E-state index in [0.29, 0.717) is 0 Å². The molecule has 0 unspecified atom stereocenters. The molecule has 0 aromatic heterocycles. The van der Waals surface area contributed by atoms with Crippen LogP contribution in [0.1, 0.15) is 0 Å². The lowest BCUT2D eigenvalue weighted by Crippen LogP contribution is -2.20. The zero-order valence-electron chi connectivity index (χ0n) is 12.4. The molecule has 0 aliphatic heterocycles. The van der Waals surface area contributed by atoms with E-state index in [1.165, 1.54) is 37.4 Å². The number of nitro groups is 1. The van der Waals surface area contributed by atoms with Gasteiger partial charge < -0.3 is 14.8 Å². The van der Waals surface area contributed by atoms with E-state index in [0.717, 1.165) is 6.07 Å². The summed E-state index contributed by atoms with van der Waals surface area (Å²) in [7, 11) is 1.37. The van der Waals surface area contributed by atoms with Crippen molar-refractivity contribution in [3.8, 4) is 11.5 Å². The van der Waals surface area contributed by atoms with Crippen molar-refractivity contribution in [3.05, 3.63) is 57.4 Å². The summed E-state index contributed by atoms with van der Waals surface area (Å²) in [6, 6.07) is 7.46. The van der Waals surface area contributed by atoms with Crippen molar-refractivity contribution in [2.45, 2.75) is 0 Å². The number of rotatable bonds is 6. The maximum atomic E-state index is 13.0. The molecule has 0 radical (unpaired) electrons. The Labute approximate surface area is 141 Å². The number of carbonyl (C=O) groups is 1. The summed E-state index contributed by atoms with van der Waals surface area (Å²) in [6.07, 6.45) is 0. The standard InChI is InChI=1S/C15H12ClFN2O5/c1-23-14-5-2-9(19(21)22)6-13(14)18-15(20)8-24-10-3-4-12(17)11(16)7-10/h2-7H,8H2,1H3,(H,18,20). The Kier molecular flexibility index (Phi) is 5.54. The van der Waals surface area contributed by atoms with Gasteiger partial charge in [-0.25, -0.2) is 4.39 Å². The fourth-order valence-corrected chi connectivity index (χ4v) is 1.98. The number of hydrogen-bond donors (Lipinski definition) is 1. The number of carbonyl (C=O) groups excluding carboxylic acids is 1. The van der Waals surface area contributed by atoms with Crippen molar-refractivity contribution < 1.29 is 23.6 Å². The van der Waals surface area contributed by atoms with Gasteiger partial charge in [0.25, 0.3) is 11.6 Å². The number of ether oxygens (including phenoxy) is 2. The van der Waals surface area contributed by atoms with Crippen LogP contribution >= 0.6 is 11.6 Å². The molecule has 0 fully saturated rings. The Hall–Kier alpha value is -2.87. The van der Waals surface area contributed by atoms with Crippen molar-refractivity contribution in [1.29, 1.82) is 0 Å². The predicted octanol–water partition coefficient (Wildman–Crippen LogP) is 3.41.